The van der Waals surface area contributed by atoms with Crippen LogP contribution in [0.5, 0.6) is 0 Å². The van der Waals surface area contributed by atoms with Crippen molar-refractivity contribution < 1.29 is 0 Å². The van der Waals surface area contributed by atoms with Crippen molar-refractivity contribution in [2.75, 3.05) is 26.7 Å². The second-order valence-electron chi connectivity index (χ2n) is 7.16. The van der Waals surface area contributed by atoms with E-state index in [-0.39, 0.29) is 24.0 Å². The Kier molecular flexibility index (Phi) is 10.7. The number of fused-ring (bicyclic) bond motifs is 1. The van der Waals surface area contributed by atoms with Crippen molar-refractivity contribution in [3.05, 3.63) is 30.1 Å². The average molecular weight is 486 g/mol. The van der Waals surface area contributed by atoms with Crippen molar-refractivity contribution in [2.45, 2.75) is 52.6 Å². The van der Waals surface area contributed by atoms with Gasteiger partial charge in [0.2, 0.25) is 0 Å². The number of nitrogens with one attached hydrogen (secondary N) is 3. The third-order valence-corrected chi connectivity index (χ3v) is 4.53. The first kappa shape index (κ1) is 23.7. The number of guanidine groups is 1. The minimum absolute atomic E-state index is 0. The SMILES string of the molecule is CN=C(NCCCN(C(C)C)C(C)C)NCCc1nc2ccccc2[nH]1.I. The monoisotopic (exact) mass is 486 g/mol. The minimum Gasteiger partial charge on any atom is -0.356 e. The number of H-pyrrole nitrogens is 1. The number of benzene rings is 1. The van der Waals surface area contributed by atoms with Gasteiger partial charge in [-0.05, 0) is 46.2 Å². The van der Waals surface area contributed by atoms with Crippen LogP contribution in [0.4, 0.5) is 0 Å². The van der Waals surface area contributed by atoms with Gasteiger partial charge in [0.05, 0.1) is 11.0 Å². The number of para-hydroxylation sites is 2. The molecular formula is C20H35IN6. The highest BCUT2D eigenvalue weighted by Crippen LogP contribution is 2.10. The molecule has 1 aromatic carbocycles. The van der Waals surface area contributed by atoms with Gasteiger partial charge < -0.3 is 15.6 Å². The van der Waals surface area contributed by atoms with Crippen LogP contribution in [0.15, 0.2) is 29.3 Å². The molecule has 7 heteroatoms. The fraction of sp³-hybridized carbons (Fsp3) is 0.600. The molecule has 3 N–H and O–H groups in total. The van der Waals surface area contributed by atoms with Crippen LogP contribution in [0, 0.1) is 0 Å². The maximum absolute atomic E-state index is 4.60. The lowest BCUT2D eigenvalue weighted by molar-refractivity contribution is 0.173. The highest BCUT2D eigenvalue weighted by molar-refractivity contribution is 14.0. The number of aliphatic imine (C=N–C) groups is 1. The molecule has 0 amide bonds. The number of halogens is 1. The molecule has 1 heterocycles. The summed E-state index contributed by atoms with van der Waals surface area (Å²) >= 11 is 0. The van der Waals surface area contributed by atoms with Gasteiger partial charge >= 0.3 is 0 Å². The maximum atomic E-state index is 4.60. The lowest BCUT2D eigenvalue weighted by atomic mass is 10.2. The van der Waals surface area contributed by atoms with E-state index in [2.05, 4.69) is 64.3 Å². The van der Waals surface area contributed by atoms with Crippen molar-refractivity contribution in [3.63, 3.8) is 0 Å². The molecule has 0 aliphatic carbocycles. The van der Waals surface area contributed by atoms with Crippen LogP contribution < -0.4 is 10.6 Å². The van der Waals surface area contributed by atoms with Gasteiger partial charge in [-0.15, -0.1) is 24.0 Å². The molecule has 0 aliphatic rings. The molecule has 0 aliphatic heterocycles. The van der Waals surface area contributed by atoms with Crippen LogP contribution in [0.2, 0.25) is 0 Å². The van der Waals surface area contributed by atoms with E-state index in [0.717, 1.165) is 55.3 Å². The van der Waals surface area contributed by atoms with Gasteiger partial charge in [-0.3, -0.25) is 9.89 Å². The summed E-state index contributed by atoms with van der Waals surface area (Å²) in [4.78, 5) is 14.8. The summed E-state index contributed by atoms with van der Waals surface area (Å²) in [5.41, 5.74) is 2.11. The van der Waals surface area contributed by atoms with Gasteiger partial charge in [0.15, 0.2) is 5.96 Å². The highest BCUT2D eigenvalue weighted by atomic mass is 127. The minimum atomic E-state index is 0. The summed E-state index contributed by atoms with van der Waals surface area (Å²) in [6.07, 6.45) is 1.94. The first-order valence-corrected chi connectivity index (χ1v) is 9.65. The topological polar surface area (TPSA) is 68.3 Å². The zero-order valence-corrected chi connectivity index (χ0v) is 19.6. The smallest absolute Gasteiger partial charge is 0.190 e. The van der Waals surface area contributed by atoms with Crippen molar-refractivity contribution in [1.29, 1.82) is 0 Å². The molecule has 2 aromatic rings. The average Bonchev–Trinajstić information content (AvgIpc) is 3.02. The lowest BCUT2D eigenvalue weighted by Crippen LogP contribution is -2.41. The van der Waals surface area contributed by atoms with Gasteiger partial charge in [-0.2, -0.15) is 0 Å². The molecule has 0 radical (unpaired) electrons. The van der Waals surface area contributed by atoms with Crippen LogP contribution in [0.25, 0.3) is 11.0 Å². The quantitative estimate of drug-likeness (QED) is 0.220. The number of hydrogen-bond donors (Lipinski definition) is 3. The molecular weight excluding hydrogens is 451 g/mol. The molecule has 0 bridgehead atoms. The van der Waals surface area contributed by atoms with Gasteiger partial charge in [-0.25, -0.2) is 4.98 Å². The first-order valence-electron chi connectivity index (χ1n) is 9.65. The van der Waals surface area contributed by atoms with Crippen LogP contribution in [-0.4, -0.2) is 59.6 Å². The van der Waals surface area contributed by atoms with Gasteiger partial charge in [-0.1, -0.05) is 12.1 Å². The van der Waals surface area contributed by atoms with Crippen molar-refractivity contribution in [1.82, 2.24) is 25.5 Å². The molecule has 1 aromatic heterocycles. The number of aromatic amines is 1. The Bertz CT molecular complexity index is 654. The van der Waals surface area contributed by atoms with Crippen molar-refractivity contribution in [3.8, 4) is 0 Å². The standard InChI is InChI=1S/C20H34N6.HI/c1-15(2)26(16(3)4)14-8-12-22-20(21-5)23-13-11-19-24-17-9-6-7-10-18(17)25-19;/h6-7,9-10,15-16H,8,11-14H2,1-5H3,(H,24,25)(H2,21,22,23);1H. The molecule has 27 heavy (non-hydrogen) atoms. The zero-order chi connectivity index (χ0) is 18.9. The zero-order valence-electron chi connectivity index (χ0n) is 17.2. The molecule has 0 atom stereocenters. The third-order valence-electron chi connectivity index (χ3n) is 4.53. The van der Waals surface area contributed by atoms with E-state index in [4.69, 9.17) is 0 Å². The Morgan fingerprint density at radius 3 is 2.41 bits per heavy atom. The predicted octanol–water partition coefficient (Wildman–Crippen LogP) is 3.40. The van der Waals surface area contributed by atoms with Gasteiger partial charge in [0.25, 0.3) is 0 Å². The van der Waals surface area contributed by atoms with E-state index in [0.29, 0.717) is 12.1 Å². The van der Waals surface area contributed by atoms with E-state index >= 15 is 0 Å². The first-order chi connectivity index (χ1) is 12.5. The maximum Gasteiger partial charge on any atom is 0.190 e. The predicted molar refractivity (Wildman–Crippen MR) is 126 cm³/mol. The molecule has 0 saturated heterocycles. The summed E-state index contributed by atoms with van der Waals surface area (Å²) in [5.74, 6) is 1.85. The van der Waals surface area contributed by atoms with E-state index in [1.807, 2.05) is 25.2 Å². The Balaban J connectivity index is 0.00000364. The Hall–Kier alpha value is -1.35. The largest absolute Gasteiger partial charge is 0.356 e. The summed E-state index contributed by atoms with van der Waals surface area (Å²) < 4.78 is 0. The summed E-state index contributed by atoms with van der Waals surface area (Å²) in [5, 5.41) is 6.76. The number of aromatic nitrogens is 2. The number of hydrogen-bond acceptors (Lipinski definition) is 3. The Morgan fingerprint density at radius 2 is 1.78 bits per heavy atom. The summed E-state index contributed by atoms with van der Waals surface area (Å²) in [6, 6.07) is 9.27. The molecule has 6 nitrogen and oxygen atoms in total. The molecule has 0 unspecified atom stereocenters. The third kappa shape index (κ3) is 7.65. The lowest BCUT2D eigenvalue weighted by Gasteiger charge is -2.30. The number of imidazole rings is 1. The van der Waals surface area contributed by atoms with Crippen LogP contribution in [-0.2, 0) is 6.42 Å². The molecule has 0 spiro atoms. The van der Waals surface area contributed by atoms with Crippen LogP contribution in [0.3, 0.4) is 0 Å². The highest BCUT2D eigenvalue weighted by Gasteiger charge is 2.12. The molecule has 0 fully saturated rings. The molecule has 0 saturated carbocycles. The van der Waals surface area contributed by atoms with E-state index < -0.39 is 0 Å². The molecule has 152 valence electrons. The van der Waals surface area contributed by atoms with Crippen LogP contribution in [0.1, 0.15) is 39.9 Å². The fourth-order valence-electron chi connectivity index (χ4n) is 3.23. The normalized spacial score (nSPS) is 12.1. The summed E-state index contributed by atoms with van der Waals surface area (Å²) in [6.45, 7) is 11.8. The van der Waals surface area contributed by atoms with Crippen molar-refractivity contribution >= 4 is 41.0 Å². The van der Waals surface area contributed by atoms with Gasteiger partial charge in [0.1, 0.15) is 5.82 Å². The number of nitrogens with zero attached hydrogens (tertiary/aromatic N) is 3. The van der Waals surface area contributed by atoms with E-state index in [1.165, 1.54) is 0 Å². The Labute approximate surface area is 180 Å². The van der Waals surface area contributed by atoms with E-state index in [9.17, 15) is 0 Å². The van der Waals surface area contributed by atoms with Crippen LogP contribution >= 0.6 is 24.0 Å². The second kappa shape index (κ2) is 12.2. The fourth-order valence-corrected chi connectivity index (χ4v) is 3.23. The van der Waals surface area contributed by atoms with E-state index in [1.54, 1.807) is 0 Å². The molecule has 2 rings (SSSR count). The second-order valence-corrected chi connectivity index (χ2v) is 7.16. The van der Waals surface area contributed by atoms with Crippen molar-refractivity contribution in [2.24, 2.45) is 4.99 Å². The Morgan fingerprint density at radius 1 is 1.11 bits per heavy atom. The summed E-state index contributed by atoms with van der Waals surface area (Å²) in [7, 11) is 1.81. The van der Waals surface area contributed by atoms with Gasteiger partial charge in [0, 0.05) is 45.2 Å². The number of rotatable bonds is 9.